The van der Waals surface area contributed by atoms with Gasteiger partial charge >= 0.3 is 17.9 Å². The number of unbranched alkanes of at least 4 members (excludes halogenated alkanes) is 35. The Morgan fingerprint density at radius 1 is 0.303 bits per heavy atom. The van der Waals surface area contributed by atoms with E-state index in [1.165, 1.54) is 212 Å². The van der Waals surface area contributed by atoms with Crippen LogP contribution in [0.2, 0.25) is 0 Å². The van der Waals surface area contributed by atoms with Gasteiger partial charge in [0.25, 0.3) is 0 Å². The summed E-state index contributed by atoms with van der Waals surface area (Å²) in [6, 6.07) is 0. The number of hydrogen-bond donors (Lipinski definition) is 0. The van der Waals surface area contributed by atoms with Crippen LogP contribution in [0, 0.1) is 17.8 Å². The highest BCUT2D eigenvalue weighted by atomic mass is 16.6. The smallest absolute Gasteiger partial charge is 0.306 e. The van der Waals surface area contributed by atoms with Crippen LogP contribution in [0.4, 0.5) is 0 Å². The molecule has 0 saturated carbocycles. The summed E-state index contributed by atoms with van der Waals surface area (Å²) in [5.74, 6) is 1.67. The molecular formula is C60H116O6. The normalized spacial score (nSPS) is 12.5. The minimum absolute atomic E-state index is 0.0642. The van der Waals surface area contributed by atoms with E-state index >= 15 is 0 Å². The summed E-state index contributed by atoms with van der Waals surface area (Å²) >= 11 is 0. The van der Waals surface area contributed by atoms with Gasteiger partial charge in [-0.15, -0.1) is 0 Å². The van der Waals surface area contributed by atoms with Gasteiger partial charge < -0.3 is 14.2 Å². The van der Waals surface area contributed by atoms with Crippen molar-refractivity contribution in [2.24, 2.45) is 17.8 Å². The predicted octanol–water partition coefficient (Wildman–Crippen LogP) is 19.5. The third-order valence-electron chi connectivity index (χ3n) is 14.0. The fourth-order valence-corrected chi connectivity index (χ4v) is 9.14. The van der Waals surface area contributed by atoms with E-state index in [4.69, 9.17) is 14.2 Å². The van der Waals surface area contributed by atoms with Gasteiger partial charge in [0.15, 0.2) is 6.10 Å². The minimum atomic E-state index is -0.764. The van der Waals surface area contributed by atoms with E-state index in [-0.39, 0.29) is 31.1 Å². The lowest BCUT2D eigenvalue weighted by molar-refractivity contribution is -0.167. The average molecular weight is 934 g/mol. The second kappa shape index (κ2) is 51.3. The first kappa shape index (κ1) is 64.4. The van der Waals surface area contributed by atoms with Gasteiger partial charge in [0, 0.05) is 19.3 Å². The van der Waals surface area contributed by atoms with Crippen molar-refractivity contribution >= 4 is 17.9 Å². The quantitative estimate of drug-likeness (QED) is 0.0343. The highest BCUT2D eigenvalue weighted by Crippen LogP contribution is 2.19. The first-order chi connectivity index (χ1) is 32.1. The predicted molar refractivity (Wildman–Crippen MR) is 284 cm³/mol. The Morgan fingerprint density at radius 3 is 0.788 bits per heavy atom. The van der Waals surface area contributed by atoms with E-state index in [1.54, 1.807) is 0 Å². The zero-order valence-corrected chi connectivity index (χ0v) is 45.5. The molecule has 0 radical (unpaired) electrons. The van der Waals surface area contributed by atoms with Gasteiger partial charge in [0.2, 0.25) is 0 Å². The summed E-state index contributed by atoms with van der Waals surface area (Å²) in [5.41, 5.74) is 0. The second-order valence-electron chi connectivity index (χ2n) is 21.8. The van der Waals surface area contributed by atoms with Crippen LogP contribution < -0.4 is 0 Å². The maximum absolute atomic E-state index is 12.9. The maximum atomic E-state index is 12.9. The molecule has 0 aromatic carbocycles. The molecule has 0 bridgehead atoms. The van der Waals surface area contributed by atoms with Crippen molar-refractivity contribution < 1.29 is 28.6 Å². The van der Waals surface area contributed by atoms with Crippen molar-refractivity contribution in [1.82, 2.24) is 0 Å². The van der Waals surface area contributed by atoms with Crippen molar-refractivity contribution in [3.8, 4) is 0 Å². The van der Waals surface area contributed by atoms with Crippen LogP contribution in [0.3, 0.4) is 0 Å². The van der Waals surface area contributed by atoms with E-state index < -0.39 is 6.10 Å². The Balaban J connectivity index is 4.20. The third kappa shape index (κ3) is 51.8. The van der Waals surface area contributed by atoms with E-state index in [0.717, 1.165) is 75.5 Å². The first-order valence-electron chi connectivity index (χ1n) is 29.6. The molecule has 0 aliphatic rings. The topological polar surface area (TPSA) is 78.9 Å². The van der Waals surface area contributed by atoms with Gasteiger partial charge in [0.05, 0.1) is 0 Å². The average Bonchev–Trinajstić information content (AvgIpc) is 3.29. The van der Waals surface area contributed by atoms with E-state index in [9.17, 15) is 14.4 Å². The molecule has 0 fully saturated rings. The van der Waals surface area contributed by atoms with Crippen molar-refractivity contribution in [2.45, 2.75) is 337 Å². The molecule has 392 valence electrons. The Labute approximate surface area is 412 Å². The van der Waals surface area contributed by atoms with Crippen LogP contribution in [0.5, 0.6) is 0 Å². The summed E-state index contributed by atoms with van der Waals surface area (Å²) in [6.07, 6.45) is 54.0. The molecule has 0 spiro atoms. The van der Waals surface area contributed by atoms with Gasteiger partial charge in [-0.2, -0.15) is 0 Å². The molecule has 0 aromatic heterocycles. The monoisotopic (exact) mass is 933 g/mol. The number of ether oxygens (including phenoxy) is 3. The number of rotatable bonds is 53. The Kier molecular flexibility index (Phi) is 50.0. The van der Waals surface area contributed by atoms with Gasteiger partial charge in [-0.1, -0.05) is 292 Å². The number of carbonyl (C=O) groups is 3. The summed E-state index contributed by atoms with van der Waals surface area (Å²) in [5, 5.41) is 0. The lowest BCUT2D eigenvalue weighted by Gasteiger charge is -2.18. The number of esters is 3. The molecule has 66 heavy (non-hydrogen) atoms. The lowest BCUT2D eigenvalue weighted by Crippen LogP contribution is -2.30. The van der Waals surface area contributed by atoms with E-state index in [2.05, 4.69) is 41.5 Å². The van der Waals surface area contributed by atoms with Gasteiger partial charge in [-0.3, -0.25) is 14.4 Å². The molecule has 2 atom stereocenters. The van der Waals surface area contributed by atoms with Crippen molar-refractivity contribution in [2.75, 3.05) is 13.2 Å². The molecule has 0 amide bonds. The molecule has 0 saturated heterocycles. The molecule has 0 N–H and O–H groups in total. The summed E-state index contributed by atoms with van der Waals surface area (Å²) < 4.78 is 16.9. The van der Waals surface area contributed by atoms with Crippen LogP contribution >= 0.6 is 0 Å². The minimum Gasteiger partial charge on any atom is -0.462 e. The second-order valence-corrected chi connectivity index (χ2v) is 21.8. The number of hydrogen-bond acceptors (Lipinski definition) is 6. The van der Waals surface area contributed by atoms with E-state index in [0.29, 0.717) is 19.3 Å². The van der Waals surface area contributed by atoms with Gasteiger partial charge in [-0.25, -0.2) is 0 Å². The fourth-order valence-electron chi connectivity index (χ4n) is 9.14. The molecule has 6 heteroatoms. The van der Waals surface area contributed by atoms with Crippen LogP contribution in [0.25, 0.3) is 0 Å². The van der Waals surface area contributed by atoms with Gasteiger partial charge in [0.1, 0.15) is 13.2 Å². The zero-order chi connectivity index (χ0) is 48.4. The van der Waals surface area contributed by atoms with Crippen molar-refractivity contribution in [3.63, 3.8) is 0 Å². The standard InChI is InChI=1S/C60H116O6/c1-7-56(6)48-42-36-29-25-21-17-14-15-18-22-26-30-37-43-49-58(61)64-52-57(53-65-59(62)50-44-38-33-32-35-41-47-55(4)5)66-60(63)51-45-39-31-27-23-19-13-11-9-8-10-12-16-20-24-28-34-40-46-54(2)3/h54-57H,7-53H2,1-6H3/t56?,57-/m1/s1. The highest BCUT2D eigenvalue weighted by molar-refractivity contribution is 5.71. The Morgan fingerprint density at radius 2 is 0.530 bits per heavy atom. The van der Waals surface area contributed by atoms with Crippen LogP contribution in [0.15, 0.2) is 0 Å². The molecule has 0 heterocycles. The fraction of sp³-hybridized carbons (Fsp3) is 0.950. The first-order valence-corrected chi connectivity index (χ1v) is 29.6. The molecule has 0 aromatic rings. The van der Waals surface area contributed by atoms with Crippen molar-refractivity contribution in [1.29, 1.82) is 0 Å². The summed E-state index contributed by atoms with van der Waals surface area (Å²) in [6.45, 7) is 13.7. The Bertz CT molecular complexity index is 1020. The molecule has 6 nitrogen and oxygen atoms in total. The van der Waals surface area contributed by atoms with Crippen LogP contribution in [-0.2, 0) is 28.6 Å². The number of carbonyl (C=O) groups excluding carboxylic acids is 3. The SMILES string of the molecule is CCC(C)CCCCCCCCCCCCCCCCC(=O)OC[C@H](COC(=O)CCCCCCCCC(C)C)OC(=O)CCCCCCCCCCCCCCCCCCCCC(C)C. The maximum Gasteiger partial charge on any atom is 0.306 e. The van der Waals surface area contributed by atoms with Gasteiger partial charge in [-0.05, 0) is 37.0 Å². The molecular weight excluding hydrogens is 817 g/mol. The van der Waals surface area contributed by atoms with Crippen molar-refractivity contribution in [3.05, 3.63) is 0 Å². The largest absolute Gasteiger partial charge is 0.462 e. The van der Waals surface area contributed by atoms with E-state index in [1.807, 2.05) is 0 Å². The molecule has 0 rings (SSSR count). The summed E-state index contributed by atoms with van der Waals surface area (Å²) in [7, 11) is 0. The van der Waals surface area contributed by atoms with Crippen LogP contribution in [0.1, 0.15) is 330 Å². The highest BCUT2D eigenvalue weighted by Gasteiger charge is 2.19. The lowest BCUT2D eigenvalue weighted by atomic mass is 9.99. The molecule has 0 aliphatic heterocycles. The molecule has 1 unspecified atom stereocenters. The summed E-state index contributed by atoms with van der Waals surface area (Å²) in [4.78, 5) is 38.1. The third-order valence-corrected chi connectivity index (χ3v) is 14.0. The molecule has 0 aliphatic carbocycles. The van der Waals surface area contributed by atoms with Crippen LogP contribution in [-0.4, -0.2) is 37.2 Å². The zero-order valence-electron chi connectivity index (χ0n) is 45.5. The Hall–Kier alpha value is -1.59.